The lowest BCUT2D eigenvalue weighted by Gasteiger charge is -2.28. The number of nitrogens with one attached hydrogen (secondary N) is 1. The first-order valence-corrected chi connectivity index (χ1v) is 7.91. The Morgan fingerprint density at radius 1 is 1.48 bits per heavy atom. The molecule has 112 valence electrons. The molecule has 0 saturated heterocycles. The summed E-state index contributed by atoms with van der Waals surface area (Å²) in [6, 6.07) is 6.08. The van der Waals surface area contributed by atoms with Gasteiger partial charge >= 0.3 is 0 Å². The van der Waals surface area contributed by atoms with Gasteiger partial charge in [0.15, 0.2) is 0 Å². The summed E-state index contributed by atoms with van der Waals surface area (Å²) in [6.07, 6.45) is 0.873. The van der Waals surface area contributed by atoms with Crippen LogP contribution in [-0.2, 0) is 13.0 Å². The number of hydrogen-bond acceptors (Lipinski definition) is 5. The quantitative estimate of drug-likeness (QED) is 0.943. The van der Waals surface area contributed by atoms with Crippen molar-refractivity contribution in [1.82, 2.24) is 9.55 Å². The van der Waals surface area contributed by atoms with Gasteiger partial charge in [-0.25, -0.2) is 0 Å². The second-order valence-corrected chi connectivity index (χ2v) is 6.94. The molecule has 2 aromatic heterocycles. The van der Waals surface area contributed by atoms with Gasteiger partial charge in [-0.1, -0.05) is 6.07 Å². The molecular formula is C15H20N4OS. The van der Waals surface area contributed by atoms with Crippen molar-refractivity contribution >= 4 is 17.2 Å². The Morgan fingerprint density at radius 2 is 2.29 bits per heavy atom. The minimum Gasteiger partial charge on any atom is -0.477 e. The molecule has 0 bridgehead atoms. The fraction of sp³-hybridized carbons (Fsp3) is 0.467. The summed E-state index contributed by atoms with van der Waals surface area (Å²) in [5, 5.41) is 10.1. The minimum absolute atomic E-state index is 0.0000714. The molecule has 0 saturated carbocycles. The van der Waals surface area contributed by atoms with Crippen LogP contribution in [0, 0.1) is 5.41 Å². The molecule has 0 aliphatic carbocycles. The molecule has 1 N–H and O–H groups in total. The summed E-state index contributed by atoms with van der Waals surface area (Å²) >= 11 is 1.73. The summed E-state index contributed by atoms with van der Waals surface area (Å²) in [6.45, 7) is 5.69. The summed E-state index contributed by atoms with van der Waals surface area (Å²) in [5.41, 5.74) is 0.260. The second kappa shape index (κ2) is 5.18. The predicted molar refractivity (Wildman–Crippen MR) is 84.1 cm³/mol. The van der Waals surface area contributed by atoms with Crippen molar-refractivity contribution in [2.75, 3.05) is 18.6 Å². The largest absolute Gasteiger partial charge is 0.477 e. The third-order valence-electron chi connectivity index (χ3n) is 3.98. The maximum absolute atomic E-state index is 8.08. The van der Waals surface area contributed by atoms with Gasteiger partial charge in [-0.3, -0.25) is 9.98 Å². The van der Waals surface area contributed by atoms with Gasteiger partial charge in [-0.05, 0) is 25.3 Å². The van der Waals surface area contributed by atoms with Crippen LogP contribution in [0.1, 0.15) is 18.7 Å². The zero-order valence-electron chi connectivity index (χ0n) is 12.6. The maximum Gasteiger partial charge on any atom is 0.226 e. The van der Waals surface area contributed by atoms with Crippen LogP contribution < -0.4 is 15.3 Å². The summed E-state index contributed by atoms with van der Waals surface area (Å²) in [4.78, 5) is 7.73. The fourth-order valence-corrected chi connectivity index (χ4v) is 3.21. The molecule has 6 heteroatoms. The number of fused-ring (bicyclic) bond motifs is 1. The third-order valence-corrected chi connectivity index (χ3v) is 4.91. The van der Waals surface area contributed by atoms with Crippen molar-refractivity contribution in [3.8, 4) is 5.88 Å². The number of likely N-dealkylation sites (N-methyl/N-ethyl adjacent to an activating group) is 1. The van der Waals surface area contributed by atoms with E-state index in [1.807, 2.05) is 23.7 Å². The van der Waals surface area contributed by atoms with E-state index in [9.17, 15) is 0 Å². The van der Waals surface area contributed by atoms with E-state index in [1.165, 1.54) is 4.88 Å². The number of rotatable bonds is 4. The molecule has 0 radical (unpaired) electrons. The molecule has 0 unspecified atom stereocenters. The van der Waals surface area contributed by atoms with Crippen LogP contribution in [0.25, 0.3) is 0 Å². The summed E-state index contributed by atoms with van der Waals surface area (Å²) < 4.78 is 7.66. The molecule has 2 aromatic rings. The predicted octanol–water partition coefficient (Wildman–Crippen LogP) is 2.27. The smallest absolute Gasteiger partial charge is 0.226 e. The standard InChI is InChI=1S/C15H20N4OS/c1-15(2)10-19-13(18(15)3)9-12(17-14(19)16)20-7-6-11-5-4-8-21-11/h4-5,8-9,16H,6-7,10H2,1-3H3. The van der Waals surface area contributed by atoms with Gasteiger partial charge in [0.05, 0.1) is 18.7 Å². The Labute approximate surface area is 128 Å². The average molecular weight is 304 g/mol. The van der Waals surface area contributed by atoms with Gasteiger partial charge < -0.3 is 9.64 Å². The number of thiophene rings is 1. The van der Waals surface area contributed by atoms with Crippen LogP contribution in [0.2, 0.25) is 0 Å². The lowest BCUT2D eigenvalue weighted by Crippen LogP contribution is -2.38. The first-order valence-electron chi connectivity index (χ1n) is 7.03. The average Bonchev–Trinajstić information content (AvgIpc) is 3.00. The first kappa shape index (κ1) is 14.1. The number of nitrogens with zero attached hydrogens (tertiary/aromatic N) is 3. The molecule has 0 aromatic carbocycles. The number of aromatic nitrogens is 2. The maximum atomic E-state index is 8.08. The van der Waals surface area contributed by atoms with Gasteiger partial charge in [0.1, 0.15) is 5.82 Å². The monoisotopic (exact) mass is 304 g/mol. The van der Waals surface area contributed by atoms with Crippen LogP contribution in [0.15, 0.2) is 23.6 Å². The summed E-state index contributed by atoms with van der Waals surface area (Å²) in [7, 11) is 2.05. The zero-order valence-corrected chi connectivity index (χ0v) is 13.4. The van der Waals surface area contributed by atoms with Crippen molar-refractivity contribution in [3.05, 3.63) is 34.1 Å². The molecule has 3 rings (SSSR count). The normalized spacial score (nSPS) is 16.0. The molecule has 1 aliphatic heterocycles. The molecule has 0 fully saturated rings. The van der Waals surface area contributed by atoms with Crippen LogP contribution in [-0.4, -0.2) is 28.7 Å². The SMILES string of the molecule is CN1c2cc(OCCc3cccs3)nc(=N)n2CC1(C)C. The molecular weight excluding hydrogens is 284 g/mol. The van der Waals surface area contributed by atoms with E-state index in [0.29, 0.717) is 12.5 Å². The highest BCUT2D eigenvalue weighted by Gasteiger charge is 2.34. The highest BCUT2D eigenvalue weighted by Crippen LogP contribution is 2.31. The van der Waals surface area contributed by atoms with Crippen molar-refractivity contribution < 1.29 is 4.74 Å². The van der Waals surface area contributed by atoms with Crippen LogP contribution >= 0.6 is 11.3 Å². The number of anilines is 1. The van der Waals surface area contributed by atoms with E-state index in [4.69, 9.17) is 10.1 Å². The minimum atomic E-state index is 0.0000714. The molecule has 0 amide bonds. The van der Waals surface area contributed by atoms with Crippen LogP contribution in [0.4, 0.5) is 5.82 Å². The van der Waals surface area contributed by atoms with Gasteiger partial charge in [-0.15, -0.1) is 11.3 Å². The van der Waals surface area contributed by atoms with E-state index >= 15 is 0 Å². The fourth-order valence-electron chi connectivity index (χ4n) is 2.52. The van der Waals surface area contributed by atoms with Crippen LogP contribution in [0.3, 0.4) is 0 Å². The van der Waals surface area contributed by atoms with E-state index < -0.39 is 0 Å². The van der Waals surface area contributed by atoms with Crippen LogP contribution in [0.5, 0.6) is 5.88 Å². The van der Waals surface area contributed by atoms with E-state index in [2.05, 4.69) is 35.2 Å². The molecule has 5 nitrogen and oxygen atoms in total. The number of ether oxygens (including phenoxy) is 1. The molecule has 21 heavy (non-hydrogen) atoms. The van der Waals surface area contributed by atoms with E-state index in [0.717, 1.165) is 18.8 Å². The Balaban J connectivity index is 1.75. The Hall–Kier alpha value is -1.82. The Kier molecular flexibility index (Phi) is 3.49. The summed E-state index contributed by atoms with van der Waals surface area (Å²) in [5.74, 6) is 1.53. The van der Waals surface area contributed by atoms with Crippen molar-refractivity contribution in [2.24, 2.45) is 0 Å². The van der Waals surface area contributed by atoms with Gasteiger partial charge in [0.2, 0.25) is 11.5 Å². The highest BCUT2D eigenvalue weighted by atomic mass is 32.1. The topological polar surface area (TPSA) is 54.1 Å². The van der Waals surface area contributed by atoms with Gasteiger partial charge in [0.25, 0.3) is 0 Å². The second-order valence-electron chi connectivity index (χ2n) is 5.91. The van der Waals surface area contributed by atoms with Crippen molar-refractivity contribution in [2.45, 2.75) is 32.4 Å². The molecule has 0 atom stereocenters. The van der Waals surface area contributed by atoms with Crippen molar-refractivity contribution in [3.63, 3.8) is 0 Å². The Bertz CT molecular complexity index is 690. The highest BCUT2D eigenvalue weighted by molar-refractivity contribution is 7.09. The van der Waals surface area contributed by atoms with Gasteiger partial charge in [-0.2, -0.15) is 4.98 Å². The molecule has 0 spiro atoms. The van der Waals surface area contributed by atoms with Crippen molar-refractivity contribution in [1.29, 1.82) is 5.41 Å². The van der Waals surface area contributed by atoms with E-state index in [-0.39, 0.29) is 11.2 Å². The number of hydrogen-bond donors (Lipinski definition) is 1. The third kappa shape index (κ3) is 2.68. The Morgan fingerprint density at radius 3 is 3.00 bits per heavy atom. The lowest BCUT2D eigenvalue weighted by atomic mass is 10.1. The van der Waals surface area contributed by atoms with Gasteiger partial charge in [0, 0.05) is 24.4 Å². The zero-order chi connectivity index (χ0) is 15.0. The first-order chi connectivity index (χ1) is 9.97. The molecule has 3 heterocycles. The lowest BCUT2D eigenvalue weighted by molar-refractivity contribution is 0.307. The van der Waals surface area contributed by atoms with E-state index in [1.54, 1.807) is 11.3 Å². The molecule has 1 aliphatic rings.